The monoisotopic (exact) mass is 422 g/mol. The number of hydrogen-bond donors (Lipinski definition) is 2. The fraction of sp³-hybridized carbons (Fsp3) is 0.174. The maximum absolute atomic E-state index is 13.3. The molecule has 1 aliphatic rings. The maximum atomic E-state index is 13.3. The molecule has 6 nitrogen and oxygen atoms in total. The van der Waals surface area contributed by atoms with Crippen LogP contribution in [0.25, 0.3) is 11.1 Å². The van der Waals surface area contributed by atoms with E-state index in [0.717, 1.165) is 32.2 Å². The molecule has 0 unspecified atom stereocenters. The summed E-state index contributed by atoms with van der Waals surface area (Å²) in [5.74, 6) is -1.14. The smallest absolute Gasteiger partial charge is 0.322 e. The van der Waals surface area contributed by atoms with Crippen molar-refractivity contribution in [1.82, 2.24) is 4.31 Å². The van der Waals surface area contributed by atoms with Crippen LogP contribution in [-0.4, -0.2) is 36.9 Å². The Kier molecular flexibility index (Phi) is 5.32. The van der Waals surface area contributed by atoms with Crippen LogP contribution in [0.1, 0.15) is 11.1 Å². The summed E-state index contributed by atoms with van der Waals surface area (Å²) in [6.07, 6.45) is 0.153. The van der Waals surface area contributed by atoms with E-state index in [2.05, 4.69) is 5.32 Å². The van der Waals surface area contributed by atoms with Gasteiger partial charge < -0.3 is 10.4 Å². The summed E-state index contributed by atoms with van der Waals surface area (Å²) in [5, 5.41) is 12.7. The van der Waals surface area contributed by atoms with Gasteiger partial charge in [-0.1, -0.05) is 48.5 Å². The topological polar surface area (TPSA) is 86.7 Å². The van der Waals surface area contributed by atoms with Gasteiger partial charge in [0.2, 0.25) is 10.0 Å². The number of sulfonamides is 1. The Labute approximate surface area is 175 Å². The van der Waals surface area contributed by atoms with Crippen LogP contribution < -0.4 is 5.32 Å². The second kappa shape index (κ2) is 7.93. The zero-order valence-electron chi connectivity index (χ0n) is 16.4. The fourth-order valence-electron chi connectivity index (χ4n) is 3.75. The van der Waals surface area contributed by atoms with Crippen LogP contribution >= 0.6 is 0 Å². The molecule has 0 bridgehead atoms. The molecule has 3 aromatic carbocycles. The minimum atomic E-state index is -3.97. The number of rotatable bonds is 5. The van der Waals surface area contributed by atoms with Crippen LogP contribution in [0.15, 0.2) is 77.7 Å². The average molecular weight is 423 g/mol. The Bertz CT molecular complexity index is 1170. The van der Waals surface area contributed by atoms with E-state index in [0.29, 0.717) is 0 Å². The third-order valence-corrected chi connectivity index (χ3v) is 7.33. The van der Waals surface area contributed by atoms with E-state index in [9.17, 15) is 18.3 Å². The predicted octanol–water partition coefficient (Wildman–Crippen LogP) is 3.60. The number of nitrogens with one attached hydrogen (secondary N) is 1. The summed E-state index contributed by atoms with van der Waals surface area (Å²) < 4.78 is 27.7. The lowest BCUT2D eigenvalue weighted by molar-refractivity contribution is -0.141. The van der Waals surface area contributed by atoms with Gasteiger partial charge in [-0.05, 0) is 46.5 Å². The third kappa shape index (κ3) is 3.69. The van der Waals surface area contributed by atoms with E-state index < -0.39 is 22.0 Å². The van der Waals surface area contributed by atoms with Crippen molar-refractivity contribution in [3.05, 3.63) is 83.9 Å². The van der Waals surface area contributed by atoms with Crippen LogP contribution in [-0.2, 0) is 27.8 Å². The van der Waals surface area contributed by atoms with Gasteiger partial charge in [-0.25, -0.2) is 8.42 Å². The first kappa shape index (κ1) is 20.1. The molecule has 30 heavy (non-hydrogen) atoms. The summed E-state index contributed by atoms with van der Waals surface area (Å²) in [7, 11) is -2.12. The standard InChI is InChI=1S/C23H22N2O4S/c1-24-20-10-6-16(7-11-20)17-8-12-21(13-9-17)30(28,29)25-15-19-5-3-2-4-18(19)14-22(25)23(26)27/h2-13,22,24H,14-15H2,1H3,(H,26,27)/t22-/m1/s1. The molecule has 2 N–H and O–H groups in total. The molecule has 154 valence electrons. The lowest BCUT2D eigenvalue weighted by Gasteiger charge is -2.33. The number of anilines is 1. The Balaban J connectivity index is 1.66. The van der Waals surface area contributed by atoms with Gasteiger partial charge >= 0.3 is 5.97 Å². The molecule has 1 heterocycles. The first-order valence-electron chi connectivity index (χ1n) is 9.60. The number of aliphatic carboxylic acids is 1. The normalized spacial score (nSPS) is 16.6. The molecule has 3 aromatic rings. The zero-order valence-corrected chi connectivity index (χ0v) is 17.3. The molecule has 0 amide bonds. The summed E-state index contributed by atoms with van der Waals surface area (Å²) in [6.45, 7) is 0.0443. The van der Waals surface area contributed by atoms with Crippen LogP contribution in [0.2, 0.25) is 0 Å². The number of hydrogen-bond acceptors (Lipinski definition) is 4. The lowest BCUT2D eigenvalue weighted by Crippen LogP contribution is -2.48. The first-order chi connectivity index (χ1) is 14.4. The van der Waals surface area contributed by atoms with Crippen molar-refractivity contribution in [3.8, 4) is 11.1 Å². The number of fused-ring (bicyclic) bond motifs is 1. The maximum Gasteiger partial charge on any atom is 0.322 e. The summed E-state index contributed by atoms with van der Waals surface area (Å²) in [4.78, 5) is 11.9. The highest BCUT2D eigenvalue weighted by molar-refractivity contribution is 7.89. The van der Waals surface area contributed by atoms with E-state index in [-0.39, 0.29) is 17.9 Å². The van der Waals surface area contributed by atoms with Crippen molar-refractivity contribution >= 4 is 21.7 Å². The van der Waals surface area contributed by atoms with Crippen LogP contribution in [0.5, 0.6) is 0 Å². The number of carboxylic acid groups (broad SMARTS) is 1. The van der Waals surface area contributed by atoms with Gasteiger partial charge in [0.25, 0.3) is 0 Å². The first-order valence-corrected chi connectivity index (χ1v) is 11.0. The molecule has 0 radical (unpaired) electrons. The molecule has 0 aliphatic carbocycles. The molecule has 0 saturated heterocycles. The quantitative estimate of drug-likeness (QED) is 0.656. The molecular formula is C23H22N2O4S. The molecule has 7 heteroatoms. The van der Waals surface area contributed by atoms with Crippen molar-refractivity contribution in [2.45, 2.75) is 23.9 Å². The van der Waals surface area contributed by atoms with Crippen LogP contribution in [0, 0.1) is 0 Å². The summed E-state index contributed by atoms with van der Waals surface area (Å²) in [5.41, 5.74) is 4.54. The minimum Gasteiger partial charge on any atom is -0.480 e. The Morgan fingerprint density at radius 3 is 2.07 bits per heavy atom. The van der Waals surface area contributed by atoms with E-state index in [1.54, 1.807) is 12.1 Å². The summed E-state index contributed by atoms with van der Waals surface area (Å²) >= 11 is 0. The summed E-state index contributed by atoms with van der Waals surface area (Å²) in [6, 6.07) is 20.6. The molecular weight excluding hydrogens is 400 g/mol. The van der Waals surface area contributed by atoms with Gasteiger partial charge in [0, 0.05) is 25.7 Å². The molecule has 0 aromatic heterocycles. The fourth-order valence-corrected chi connectivity index (χ4v) is 5.31. The highest BCUT2D eigenvalue weighted by atomic mass is 32.2. The molecule has 1 aliphatic heterocycles. The predicted molar refractivity (Wildman–Crippen MR) is 116 cm³/mol. The number of benzene rings is 3. The molecule has 0 fully saturated rings. The van der Waals surface area contributed by atoms with Gasteiger partial charge in [0.05, 0.1) is 4.90 Å². The number of nitrogens with zero attached hydrogens (tertiary/aromatic N) is 1. The average Bonchev–Trinajstić information content (AvgIpc) is 2.78. The van der Waals surface area contributed by atoms with Gasteiger partial charge in [0.15, 0.2) is 0 Å². The van der Waals surface area contributed by atoms with Gasteiger partial charge in [-0.3, -0.25) is 4.79 Å². The minimum absolute atomic E-state index is 0.0443. The van der Waals surface area contributed by atoms with Crippen molar-refractivity contribution < 1.29 is 18.3 Å². The Morgan fingerprint density at radius 2 is 1.50 bits per heavy atom. The number of carboxylic acids is 1. The molecule has 4 rings (SSSR count). The van der Waals surface area contributed by atoms with E-state index in [1.807, 2.05) is 55.6 Å². The van der Waals surface area contributed by atoms with Gasteiger partial charge in [-0.15, -0.1) is 0 Å². The van der Waals surface area contributed by atoms with Gasteiger partial charge in [0.1, 0.15) is 6.04 Å². The van der Waals surface area contributed by atoms with Crippen molar-refractivity contribution in [3.63, 3.8) is 0 Å². The van der Waals surface area contributed by atoms with Gasteiger partial charge in [-0.2, -0.15) is 4.31 Å². The van der Waals surface area contributed by atoms with E-state index in [1.165, 1.54) is 12.1 Å². The second-order valence-electron chi connectivity index (χ2n) is 7.23. The second-order valence-corrected chi connectivity index (χ2v) is 9.12. The van der Waals surface area contributed by atoms with E-state index in [4.69, 9.17) is 0 Å². The lowest BCUT2D eigenvalue weighted by atomic mass is 9.96. The number of carbonyl (C=O) groups is 1. The van der Waals surface area contributed by atoms with Crippen molar-refractivity contribution in [2.75, 3.05) is 12.4 Å². The Hall–Kier alpha value is -3.16. The SMILES string of the molecule is CNc1ccc(-c2ccc(S(=O)(=O)N3Cc4ccccc4C[C@@H]3C(=O)O)cc2)cc1. The van der Waals surface area contributed by atoms with Crippen LogP contribution in [0.4, 0.5) is 5.69 Å². The molecule has 0 spiro atoms. The third-order valence-electron chi connectivity index (χ3n) is 5.46. The molecule has 0 saturated carbocycles. The highest BCUT2D eigenvalue weighted by Crippen LogP contribution is 2.30. The molecule has 1 atom stereocenters. The van der Waals surface area contributed by atoms with Crippen molar-refractivity contribution in [2.24, 2.45) is 0 Å². The van der Waals surface area contributed by atoms with Crippen LogP contribution in [0.3, 0.4) is 0 Å². The van der Waals surface area contributed by atoms with E-state index >= 15 is 0 Å². The largest absolute Gasteiger partial charge is 0.480 e. The zero-order chi connectivity index (χ0) is 21.3. The highest BCUT2D eigenvalue weighted by Gasteiger charge is 2.39. The van der Waals surface area contributed by atoms with Crippen molar-refractivity contribution in [1.29, 1.82) is 0 Å². The Morgan fingerprint density at radius 1 is 0.933 bits per heavy atom.